The Kier molecular flexibility index (Phi) is 3.76. The van der Waals surface area contributed by atoms with Crippen LogP contribution in [0, 0.1) is 17.5 Å². The molecule has 0 aliphatic carbocycles. The van der Waals surface area contributed by atoms with Crippen molar-refractivity contribution in [3.05, 3.63) is 64.4 Å². The smallest absolute Gasteiger partial charge is 0.255 e. The summed E-state index contributed by atoms with van der Waals surface area (Å²) >= 11 is 5.56. The molecule has 2 aromatic carbocycles. The van der Waals surface area contributed by atoms with Crippen molar-refractivity contribution in [2.45, 2.75) is 0 Å². The molecule has 0 atom stereocenters. The Morgan fingerprint density at radius 2 is 1.68 bits per heavy atom. The van der Waals surface area contributed by atoms with Crippen molar-refractivity contribution in [2.24, 2.45) is 0 Å². The Hall–Kier alpha value is -2.01. The summed E-state index contributed by atoms with van der Waals surface area (Å²) in [6.45, 7) is 0. The number of anilines is 1. The monoisotopic (exact) mass is 285 g/mol. The number of nitrogens with one attached hydrogen (secondary N) is 1. The highest BCUT2D eigenvalue weighted by molar-refractivity contribution is 6.30. The maximum atomic E-state index is 13.4. The van der Waals surface area contributed by atoms with Gasteiger partial charge in [-0.1, -0.05) is 11.6 Å². The Morgan fingerprint density at radius 3 is 2.32 bits per heavy atom. The summed E-state index contributed by atoms with van der Waals surface area (Å²) in [7, 11) is 0. The van der Waals surface area contributed by atoms with Gasteiger partial charge in [0.1, 0.15) is 5.82 Å². The van der Waals surface area contributed by atoms with Crippen LogP contribution in [0.1, 0.15) is 10.4 Å². The second-order valence-corrected chi connectivity index (χ2v) is 4.14. The minimum atomic E-state index is -1.15. The summed E-state index contributed by atoms with van der Waals surface area (Å²) < 4.78 is 39.1. The second kappa shape index (κ2) is 5.32. The van der Waals surface area contributed by atoms with Crippen LogP contribution >= 0.6 is 11.6 Å². The molecule has 0 saturated heterocycles. The fraction of sp³-hybridized carbons (Fsp3) is 0. The average Bonchev–Trinajstić information content (AvgIpc) is 2.36. The van der Waals surface area contributed by atoms with Crippen molar-refractivity contribution in [2.75, 3.05) is 5.32 Å². The van der Waals surface area contributed by atoms with E-state index < -0.39 is 23.4 Å². The molecule has 0 saturated carbocycles. The first-order chi connectivity index (χ1) is 8.97. The third-order valence-corrected chi connectivity index (χ3v) is 2.60. The predicted molar refractivity (Wildman–Crippen MR) is 65.7 cm³/mol. The molecule has 0 aliphatic rings. The molecule has 0 bridgehead atoms. The summed E-state index contributed by atoms with van der Waals surface area (Å²) in [4.78, 5) is 11.7. The van der Waals surface area contributed by atoms with Crippen molar-refractivity contribution in [1.82, 2.24) is 0 Å². The molecular weight excluding hydrogens is 279 g/mol. The van der Waals surface area contributed by atoms with E-state index in [-0.39, 0.29) is 16.3 Å². The first kappa shape index (κ1) is 13.4. The van der Waals surface area contributed by atoms with E-state index in [0.717, 1.165) is 24.3 Å². The van der Waals surface area contributed by atoms with Gasteiger partial charge in [0.05, 0.1) is 5.69 Å². The fourth-order valence-corrected chi connectivity index (χ4v) is 1.58. The van der Waals surface area contributed by atoms with Crippen molar-refractivity contribution >= 4 is 23.2 Å². The predicted octanol–water partition coefficient (Wildman–Crippen LogP) is 4.01. The molecule has 0 unspecified atom stereocenters. The number of benzene rings is 2. The largest absolute Gasteiger partial charge is 0.319 e. The normalized spacial score (nSPS) is 10.3. The van der Waals surface area contributed by atoms with Gasteiger partial charge in [-0.15, -0.1) is 0 Å². The van der Waals surface area contributed by atoms with Gasteiger partial charge in [-0.3, -0.25) is 4.79 Å². The quantitative estimate of drug-likeness (QED) is 0.887. The molecule has 19 heavy (non-hydrogen) atoms. The van der Waals surface area contributed by atoms with Crippen molar-refractivity contribution in [1.29, 1.82) is 0 Å². The Morgan fingerprint density at radius 1 is 0.947 bits per heavy atom. The van der Waals surface area contributed by atoms with Gasteiger partial charge in [-0.25, -0.2) is 13.2 Å². The lowest BCUT2D eigenvalue weighted by Crippen LogP contribution is -2.13. The maximum absolute atomic E-state index is 13.4. The fourth-order valence-electron chi connectivity index (χ4n) is 1.42. The lowest BCUT2D eigenvalue weighted by atomic mass is 10.2. The van der Waals surface area contributed by atoms with Crippen LogP contribution in [-0.2, 0) is 0 Å². The van der Waals surface area contributed by atoms with Gasteiger partial charge < -0.3 is 5.32 Å². The van der Waals surface area contributed by atoms with Crippen LogP contribution in [0.15, 0.2) is 36.4 Å². The molecule has 0 heterocycles. The molecule has 0 spiro atoms. The van der Waals surface area contributed by atoms with E-state index in [9.17, 15) is 18.0 Å². The molecule has 2 rings (SSSR count). The number of rotatable bonds is 2. The zero-order valence-electron chi connectivity index (χ0n) is 9.38. The molecule has 2 aromatic rings. The van der Waals surface area contributed by atoms with E-state index >= 15 is 0 Å². The topological polar surface area (TPSA) is 29.1 Å². The van der Waals surface area contributed by atoms with E-state index in [1.807, 2.05) is 0 Å². The molecule has 98 valence electrons. The molecule has 0 aliphatic heterocycles. The number of halogens is 4. The van der Waals surface area contributed by atoms with Gasteiger partial charge in [0, 0.05) is 10.6 Å². The molecule has 0 radical (unpaired) electrons. The lowest BCUT2D eigenvalue weighted by molar-refractivity contribution is 0.102. The summed E-state index contributed by atoms with van der Waals surface area (Å²) in [5.74, 6) is -3.68. The number of carbonyl (C=O) groups excluding carboxylic acids is 1. The van der Waals surface area contributed by atoms with E-state index in [1.54, 1.807) is 0 Å². The molecule has 6 heteroatoms. The van der Waals surface area contributed by atoms with Crippen LogP contribution < -0.4 is 5.32 Å². The minimum Gasteiger partial charge on any atom is -0.319 e. The van der Waals surface area contributed by atoms with Gasteiger partial charge in [0.2, 0.25) is 0 Å². The molecule has 0 fully saturated rings. The molecule has 1 N–H and O–H groups in total. The summed E-state index contributed by atoms with van der Waals surface area (Å²) in [6, 6.07) is 6.35. The highest BCUT2D eigenvalue weighted by Crippen LogP contribution is 2.20. The SMILES string of the molecule is O=C(Nc1ccc(Cl)cc1F)c1ccc(F)c(F)c1. The summed E-state index contributed by atoms with van der Waals surface area (Å²) in [6.07, 6.45) is 0. The van der Waals surface area contributed by atoms with Crippen LogP contribution in [0.2, 0.25) is 5.02 Å². The Labute approximate surface area is 111 Å². The Balaban J connectivity index is 2.23. The van der Waals surface area contributed by atoms with Gasteiger partial charge in [0.15, 0.2) is 11.6 Å². The third-order valence-electron chi connectivity index (χ3n) is 2.36. The minimum absolute atomic E-state index is 0.0980. The molecule has 1 amide bonds. The average molecular weight is 286 g/mol. The third kappa shape index (κ3) is 3.06. The van der Waals surface area contributed by atoms with Crippen LogP contribution in [0.3, 0.4) is 0 Å². The van der Waals surface area contributed by atoms with Gasteiger partial charge in [-0.05, 0) is 36.4 Å². The van der Waals surface area contributed by atoms with E-state index in [1.165, 1.54) is 12.1 Å². The van der Waals surface area contributed by atoms with Crippen LogP contribution in [0.25, 0.3) is 0 Å². The van der Waals surface area contributed by atoms with E-state index in [0.29, 0.717) is 0 Å². The highest BCUT2D eigenvalue weighted by Gasteiger charge is 2.12. The number of amides is 1. The van der Waals surface area contributed by atoms with Crippen molar-refractivity contribution in [3.63, 3.8) is 0 Å². The van der Waals surface area contributed by atoms with Crippen molar-refractivity contribution < 1.29 is 18.0 Å². The maximum Gasteiger partial charge on any atom is 0.255 e. The summed E-state index contributed by atoms with van der Waals surface area (Å²) in [5, 5.41) is 2.42. The number of hydrogen-bond acceptors (Lipinski definition) is 1. The number of carbonyl (C=O) groups is 1. The zero-order chi connectivity index (χ0) is 14.0. The first-order valence-corrected chi connectivity index (χ1v) is 5.56. The van der Waals surface area contributed by atoms with E-state index in [2.05, 4.69) is 5.32 Å². The van der Waals surface area contributed by atoms with Gasteiger partial charge in [0.25, 0.3) is 5.91 Å². The second-order valence-electron chi connectivity index (χ2n) is 3.71. The Bertz CT molecular complexity index is 646. The van der Waals surface area contributed by atoms with Crippen LogP contribution in [-0.4, -0.2) is 5.91 Å². The van der Waals surface area contributed by atoms with Crippen molar-refractivity contribution in [3.8, 4) is 0 Å². The zero-order valence-corrected chi connectivity index (χ0v) is 10.1. The molecular formula is C13H7ClF3NO. The van der Waals surface area contributed by atoms with E-state index in [4.69, 9.17) is 11.6 Å². The lowest BCUT2D eigenvalue weighted by Gasteiger charge is -2.07. The molecule has 2 nitrogen and oxygen atoms in total. The first-order valence-electron chi connectivity index (χ1n) is 5.19. The van der Waals surface area contributed by atoms with Gasteiger partial charge >= 0.3 is 0 Å². The van der Waals surface area contributed by atoms with Crippen LogP contribution in [0.5, 0.6) is 0 Å². The molecule has 0 aromatic heterocycles. The standard InChI is InChI=1S/C13H7ClF3NO/c14-8-2-4-12(11(17)6-8)18-13(19)7-1-3-9(15)10(16)5-7/h1-6H,(H,18,19). The number of hydrogen-bond donors (Lipinski definition) is 1. The summed E-state index contributed by atoms with van der Waals surface area (Å²) in [5.41, 5.74) is -0.215. The van der Waals surface area contributed by atoms with Gasteiger partial charge in [-0.2, -0.15) is 0 Å². The van der Waals surface area contributed by atoms with Crippen LogP contribution in [0.4, 0.5) is 18.9 Å². The highest BCUT2D eigenvalue weighted by atomic mass is 35.5.